The van der Waals surface area contributed by atoms with Gasteiger partial charge in [-0.1, -0.05) is 17.7 Å². The van der Waals surface area contributed by atoms with E-state index in [4.69, 9.17) is 21.2 Å². The summed E-state index contributed by atoms with van der Waals surface area (Å²) in [4.78, 5) is 30.2. The molecule has 2 heterocycles. The summed E-state index contributed by atoms with van der Waals surface area (Å²) in [6, 6.07) is 7.15. The molecule has 1 aromatic carbocycles. The number of amides is 1. The molecule has 0 aliphatic heterocycles. The molecule has 0 saturated carbocycles. The lowest BCUT2D eigenvalue weighted by atomic mass is 10.1. The average molecular weight is 414 g/mol. The number of hydrogen-bond acceptors (Lipinski definition) is 7. The predicted molar refractivity (Wildman–Crippen MR) is 110 cm³/mol. The van der Waals surface area contributed by atoms with Gasteiger partial charge in [0.25, 0.3) is 5.91 Å². The van der Waals surface area contributed by atoms with E-state index in [1.807, 2.05) is 25.1 Å². The summed E-state index contributed by atoms with van der Waals surface area (Å²) < 4.78 is 5.61. The van der Waals surface area contributed by atoms with Gasteiger partial charge in [0.15, 0.2) is 11.6 Å². The van der Waals surface area contributed by atoms with Crippen LogP contribution >= 0.6 is 11.6 Å². The lowest BCUT2D eigenvalue weighted by Gasteiger charge is -2.17. The Kier molecular flexibility index (Phi) is 6.58. The largest absolute Gasteiger partial charge is 0.494 e. The number of carbonyl (C=O) groups is 1. The second-order valence-electron chi connectivity index (χ2n) is 5.98. The standard InChI is InChI=1S/C20H20ClN5O3/c1-4-29-26-20(27)16-14(8-9-22-18(16)21)25-15-7-5-6-13(17(15)28-3)19-23-10-12(2)11-24-19/h5-11H,4H2,1-3H3,(H,22,25)(H,26,27). The van der Waals surface area contributed by atoms with Gasteiger partial charge in [0.1, 0.15) is 10.7 Å². The zero-order chi connectivity index (χ0) is 20.8. The first-order chi connectivity index (χ1) is 14.0. The van der Waals surface area contributed by atoms with E-state index in [2.05, 4.69) is 25.7 Å². The van der Waals surface area contributed by atoms with Gasteiger partial charge in [0.05, 0.1) is 30.7 Å². The smallest absolute Gasteiger partial charge is 0.280 e. The Morgan fingerprint density at radius 2 is 1.90 bits per heavy atom. The van der Waals surface area contributed by atoms with Gasteiger partial charge in [0, 0.05) is 18.6 Å². The molecule has 0 bridgehead atoms. The van der Waals surface area contributed by atoms with Crippen molar-refractivity contribution in [3.05, 3.63) is 59.1 Å². The van der Waals surface area contributed by atoms with Crippen LogP contribution in [0.4, 0.5) is 11.4 Å². The van der Waals surface area contributed by atoms with Gasteiger partial charge in [-0.15, -0.1) is 0 Å². The zero-order valence-electron chi connectivity index (χ0n) is 16.2. The number of halogens is 1. The Morgan fingerprint density at radius 3 is 2.59 bits per heavy atom. The first kappa shape index (κ1) is 20.5. The first-order valence-electron chi connectivity index (χ1n) is 8.84. The number of anilines is 2. The van der Waals surface area contributed by atoms with E-state index in [0.29, 0.717) is 35.1 Å². The fourth-order valence-electron chi connectivity index (χ4n) is 2.65. The summed E-state index contributed by atoms with van der Waals surface area (Å²) in [6.07, 6.45) is 4.98. The number of pyridine rings is 1. The third kappa shape index (κ3) is 4.61. The molecule has 1 amide bonds. The number of hydrogen-bond donors (Lipinski definition) is 2. The van der Waals surface area contributed by atoms with Crippen molar-refractivity contribution in [1.82, 2.24) is 20.4 Å². The summed E-state index contributed by atoms with van der Waals surface area (Å²) in [5.41, 5.74) is 5.21. The molecule has 150 valence electrons. The van der Waals surface area contributed by atoms with Crippen molar-refractivity contribution in [2.45, 2.75) is 13.8 Å². The van der Waals surface area contributed by atoms with Gasteiger partial charge in [0.2, 0.25) is 0 Å². The van der Waals surface area contributed by atoms with E-state index in [-0.39, 0.29) is 10.7 Å². The van der Waals surface area contributed by atoms with Crippen LogP contribution in [0, 0.1) is 6.92 Å². The van der Waals surface area contributed by atoms with Crippen molar-refractivity contribution in [1.29, 1.82) is 0 Å². The summed E-state index contributed by atoms with van der Waals surface area (Å²) in [6.45, 7) is 3.99. The van der Waals surface area contributed by atoms with Crippen molar-refractivity contribution in [2.75, 3.05) is 19.0 Å². The number of para-hydroxylation sites is 1. The van der Waals surface area contributed by atoms with Gasteiger partial charge >= 0.3 is 0 Å². The van der Waals surface area contributed by atoms with E-state index in [1.165, 1.54) is 6.20 Å². The molecule has 0 saturated heterocycles. The Morgan fingerprint density at radius 1 is 1.14 bits per heavy atom. The molecule has 3 aromatic rings. The van der Waals surface area contributed by atoms with Crippen LogP contribution < -0.4 is 15.5 Å². The van der Waals surface area contributed by atoms with Crippen molar-refractivity contribution in [2.24, 2.45) is 0 Å². The maximum atomic E-state index is 12.5. The Bertz CT molecular complexity index is 1010. The van der Waals surface area contributed by atoms with Crippen LogP contribution in [-0.4, -0.2) is 34.6 Å². The first-order valence-corrected chi connectivity index (χ1v) is 9.22. The van der Waals surface area contributed by atoms with E-state index in [0.717, 1.165) is 5.56 Å². The number of nitrogens with one attached hydrogen (secondary N) is 2. The molecule has 29 heavy (non-hydrogen) atoms. The van der Waals surface area contributed by atoms with E-state index in [9.17, 15) is 4.79 Å². The monoisotopic (exact) mass is 413 g/mol. The van der Waals surface area contributed by atoms with E-state index < -0.39 is 5.91 Å². The molecule has 8 nitrogen and oxygen atoms in total. The van der Waals surface area contributed by atoms with Crippen LogP contribution in [0.1, 0.15) is 22.8 Å². The second kappa shape index (κ2) is 9.31. The van der Waals surface area contributed by atoms with Crippen LogP contribution in [0.5, 0.6) is 5.75 Å². The molecule has 2 N–H and O–H groups in total. The van der Waals surface area contributed by atoms with Crippen molar-refractivity contribution >= 4 is 28.9 Å². The fourth-order valence-corrected chi connectivity index (χ4v) is 2.90. The number of aryl methyl sites for hydroxylation is 1. The number of ether oxygens (including phenoxy) is 1. The summed E-state index contributed by atoms with van der Waals surface area (Å²) in [7, 11) is 1.56. The van der Waals surface area contributed by atoms with E-state index in [1.54, 1.807) is 32.5 Å². The Hall–Kier alpha value is -3.23. The fraction of sp³-hybridized carbons (Fsp3) is 0.200. The molecular weight excluding hydrogens is 394 g/mol. The highest BCUT2D eigenvalue weighted by atomic mass is 35.5. The van der Waals surface area contributed by atoms with Crippen LogP contribution in [0.15, 0.2) is 42.9 Å². The molecule has 2 aromatic heterocycles. The molecular formula is C20H20ClN5O3. The topological polar surface area (TPSA) is 98.3 Å². The molecule has 0 fully saturated rings. The highest BCUT2D eigenvalue weighted by molar-refractivity contribution is 6.33. The Balaban J connectivity index is 2.01. The normalized spacial score (nSPS) is 10.5. The number of aromatic nitrogens is 3. The van der Waals surface area contributed by atoms with Crippen molar-refractivity contribution in [3.8, 4) is 17.1 Å². The highest BCUT2D eigenvalue weighted by Crippen LogP contribution is 2.37. The molecule has 3 rings (SSSR count). The maximum absolute atomic E-state index is 12.5. The highest BCUT2D eigenvalue weighted by Gasteiger charge is 2.19. The number of nitrogens with zero attached hydrogens (tertiary/aromatic N) is 3. The second-order valence-corrected chi connectivity index (χ2v) is 6.34. The zero-order valence-corrected chi connectivity index (χ0v) is 16.9. The van der Waals surface area contributed by atoms with Gasteiger partial charge in [-0.05, 0) is 37.6 Å². The molecule has 0 spiro atoms. The minimum atomic E-state index is -0.510. The van der Waals surface area contributed by atoms with Crippen LogP contribution in [0.25, 0.3) is 11.4 Å². The number of rotatable bonds is 7. The van der Waals surface area contributed by atoms with Gasteiger partial charge < -0.3 is 10.1 Å². The molecule has 0 aliphatic rings. The Labute approximate surface area is 173 Å². The lowest BCUT2D eigenvalue weighted by Crippen LogP contribution is -2.25. The van der Waals surface area contributed by atoms with Crippen LogP contribution in [0.3, 0.4) is 0 Å². The van der Waals surface area contributed by atoms with Crippen molar-refractivity contribution in [3.63, 3.8) is 0 Å². The van der Waals surface area contributed by atoms with Gasteiger partial charge in [-0.3, -0.25) is 9.63 Å². The van der Waals surface area contributed by atoms with Crippen LogP contribution in [0.2, 0.25) is 5.15 Å². The maximum Gasteiger partial charge on any atom is 0.280 e. The summed E-state index contributed by atoms with van der Waals surface area (Å²) >= 11 is 6.17. The number of carbonyl (C=O) groups excluding carboxylic acids is 1. The van der Waals surface area contributed by atoms with Gasteiger partial charge in [-0.25, -0.2) is 20.4 Å². The average Bonchev–Trinajstić information content (AvgIpc) is 2.72. The predicted octanol–water partition coefficient (Wildman–Crippen LogP) is 3.93. The summed E-state index contributed by atoms with van der Waals surface area (Å²) in [5, 5.41) is 3.24. The SMILES string of the molecule is CCONC(=O)c1c(Nc2cccc(-c3ncc(C)cn3)c2OC)ccnc1Cl. The number of methoxy groups -OCH3 is 1. The molecule has 0 aliphatic carbocycles. The molecule has 0 atom stereocenters. The van der Waals surface area contributed by atoms with Crippen LogP contribution in [-0.2, 0) is 4.84 Å². The van der Waals surface area contributed by atoms with Crippen molar-refractivity contribution < 1.29 is 14.4 Å². The van der Waals surface area contributed by atoms with E-state index >= 15 is 0 Å². The summed E-state index contributed by atoms with van der Waals surface area (Å²) in [5.74, 6) is 0.545. The number of hydroxylamine groups is 1. The third-order valence-corrected chi connectivity index (χ3v) is 4.24. The number of benzene rings is 1. The van der Waals surface area contributed by atoms with Gasteiger partial charge in [-0.2, -0.15) is 0 Å². The molecule has 0 unspecified atom stereocenters. The third-order valence-electron chi connectivity index (χ3n) is 3.95. The molecule has 9 heteroatoms. The molecule has 0 radical (unpaired) electrons. The minimum absolute atomic E-state index is 0.0455. The minimum Gasteiger partial charge on any atom is -0.494 e. The lowest BCUT2D eigenvalue weighted by molar-refractivity contribution is 0.0365. The quantitative estimate of drug-likeness (QED) is 0.447.